The number of ether oxygens (including phenoxy) is 1. The summed E-state index contributed by atoms with van der Waals surface area (Å²) in [6.07, 6.45) is -0.0499. The molecule has 1 aliphatic rings. The summed E-state index contributed by atoms with van der Waals surface area (Å²) in [5.41, 5.74) is 7.77. The van der Waals surface area contributed by atoms with E-state index in [4.69, 9.17) is 10.5 Å². The number of nitrogens with zero attached hydrogens (tertiary/aromatic N) is 1. The first kappa shape index (κ1) is 18.9. The predicted molar refractivity (Wildman–Crippen MR) is 102 cm³/mol. The predicted octanol–water partition coefficient (Wildman–Crippen LogP) is 4.12. The molecule has 0 aliphatic carbocycles. The average molecular weight is 421 g/mol. The average Bonchev–Trinajstić information content (AvgIpc) is 2.93. The van der Waals surface area contributed by atoms with Crippen molar-refractivity contribution in [3.8, 4) is 0 Å². The zero-order valence-electron chi connectivity index (χ0n) is 14.6. The van der Waals surface area contributed by atoms with Gasteiger partial charge in [0.05, 0.1) is 10.5 Å². The van der Waals surface area contributed by atoms with Crippen LogP contribution in [-0.4, -0.2) is 29.6 Å². The van der Waals surface area contributed by atoms with Gasteiger partial charge in [0.1, 0.15) is 12.4 Å². The molecule has 3 unspecified atom stereocenters. The van der Waals surface area contributed by atoms with E-state index in [1.165, 1.54) is 0 Å². The number of carbonyl (C=O) groups is 1. The standard InChI is InChI=1S/C20H22BrFN2O2/c1-13-11-24(20(25)26-12-14-6-3-2-4-7-14)17(19(13)23)10-15-8-5-9-16(21)18(15)22/h2-9,13,17,19H,10-12,23H2,1H3. The van der Waals surface area contributed by atoms with Gasteiger partial charge in [0, 0.05) is 12.6 Å². The number of benzene rings is 2. The first-order valence-corrected chi connectivity index (χ1v) is 9.42. The van der Waals surface area contributed by atoms with Crippen LogP contribution in [0.15, 0.2) is 53.0 Å². The fourth-order valence-corrected chi connectivity index (χ4v) is 3.75. The first-order chi connectivity index (χ1) is 12.5. The molecule has 0 saturated carbocycles. The maximum atomic E-state index is 14.4. The number of carbonyl (C=O) groups excluding carboxylic acids is 1. The highest BCUT2D eigenvalue weighted by atomic mass is 79.9. The lowest BCUT2D eigenvalue weighted by Crippen LogP contribution is -2.45. The van der Waals surface area contributed by atoms with Gasteiger partial charge in [0.25, 0.3) is 0 Å². The normalized spacial score (nSPS) is 22.5. The molecule has 1 saturated heterocycles. The second kappa shape index (κ2) is 8.18. The third-order valence-corrected chi connectivity index (χ3v) is 5.50. The molecule has 2 aromatic carbocycles. The fraction of sp³-hybridized carbons (Fsp3) is 0.350. The Kier molecular flexibility index (Phi) is 5.94. The van der Waals surface area contributed by atoms with Crippen LogP contribution in [0, 0.1) is 11.7 Å². The maximum absolute atomic E-state index is 14.4. The van der Waals surface area contributed by atoms with E-state index in [0.29, 0.717) is 23.0 Å². The van der Waals surface area contributed by atoms with Crippen LogP contribution < -0.4 is 5.73 Å². The van der Waals surface area contributed by atoms with Crippen molar-refractivity contribution < 1.29 is 13.9 Å². The number of halogens is 2. The van der Waals surface area contributed by atoms with Crippen molar-refractivity contribution in [1.29, 1.82) is 0 Å². The van der Waals surface area contributed by atoms with Crippen LogP contribution in [0.3, 0.4) is 0 Å². The van der Waals surface area contributed by atoms with Crippen LogP contribution in [0.2, 0.25) is 0 Å². The minimum atomic E-state index is -0.408. The zero-order valence-corrected chi connectivity index (χ0v) is 16.2. The van der Waals surface area contributed by atoms with E-state index in [1.54, 1.807) is 23.1 Å². The van der Waals surface area contributed by atoms with E-state index >= 15 is 0 Å². The Morgan fingerprint density at radius 2 is 2.00 bits per heavy atom. The second-order valence-electron chi connectivity index (χ2n) is 6.73. The molecule has 2 N–H and O–H groups in total. The van der Waals surface area contributed by atoms with E-state index in [2.05, 4.69) is 15.9 Å². The third kappa shape index (κ3) is 4.07. The molecular weight excluding hydrogens is 399 g/mol. The molecule has 2 aromatic rings. The molecular formula is C20H22BrFN2O2. The Morgan fingerprint density at radius 1 is 1.27 bits per heavy atom. The van der Waals surface area contributed by atoms with E-state index in [9.17, 15) is 9.18 Å². The highest BCUT2D eigenvalue weighted by Crippen LogP contribution is 2.28. The van der Waals surface area contributed by atoms with Crippen molar-refractivity contribution >= 4 is 22.0 Å². The summed E-state index contributed by atoms with van der Waals surface area (Å²) in [6, 6.07) is 14.2. The molecule has 1 amide bonds. The summed E-state index contributed by atoms with van der Waals surface area (Å²) >= 11 is 3.21. The lowest BCUT2D eigenvalue weighted by molar-refractivity contribution is 0.0903. The van der Waals surface area contributed by atoms with Gasteiger partial charge in [-0.3, -0.25) is 0 Å². The Balaban J connectivity index is 1.72. The fourth-order valence-electron chi connectivity index (χ4n) is 3.34. The van der Waals surface area contributed by atoms with Crippen LogP contribution in [-0.2, 0) is 17.8 Å². The van der Waals surface area contributed by atoms with Crippen LogP contribution in [0.5, 0.6) is 0 Å². The van der Waals surface area contributed by atoms with E-state index < -0.39 is 6.09 Å². The Labute approximate surface area is 161 Å². The minimum absolute atomic E-state index is 0.125. The van der Waals surface area contributed by atoms with Gasteiger partial charge in [-0.1, -0.05) is 49.4 Å². The lowest BCUT2D eigenvalue weighted by Gasteiger charge is -2.26. The smallest absolute Gasteiger partial charge is 0.410 e. The molecule has 6 heteroatoms. The summed E-state index contributed by atoms with van der Waals surface area (Å²) in [5.74, 6) is -0.184. The third-order valence-electron chi connectivity index (χ3n) is 4.89. The van der Waals surface area contributed by atoms with Crippen molar-refractivity contribution in [2.75, 3.05) is 6.54 Å². The second-order valence-corrected chi connectivity index (χ2v) is 7.59. The molecule has 1 heterocycles. The Morgan fingerprint density at radius 3 is 2.73 bits per heavy atom. The molecule has 1 fully saturated rings. The molecule has 3 atom stereocenters. The molecule has 3 rings (SSSR count). The molecule has 0 aromatic heterocycles. The molecule has 4 nitrogen and oxygen atoms in total. The molecule has 26 heavy (non-hydrogen) atoms. The number of nitrogens with two attached hydrogens (primary N) is 1. The minimum Gasteiger partial charge on any atom is -0.445 e. The van der Waals surface area contributed by atoms with Crippen molar-refractivity contribution in [2.24, 2.45) is 11.7 Å². The maximum Gasteiger partial charge on any atom is 0.410 e. The highest BCUT2D eigenvalue weighted by molar-refractivity contribution is 9.10. The quantitative estimate of drug-likeness (QED) is 0.809. The van der Waals surface area contributed by atoms with Gasteiger partial charge >= 0.3 is 6.09 Å². The molecule has 1 aliphatic heterocycles. The summed E-state index contributed by atoms with van der Waals surface area (Å²) in [7, 11) is 0. The first-order valence-electron chi connectivity index (χ1n) is 8.63. The van der Waals surface area contributed by atoms with Gasteiger partial charge in [-0.2, -0.15) is 0 Å². The van der Waals surface area contributed by atoms with E-state index in [1.807, 2.05) is 37.3 Å². The largest absolute Gasteiger partial charge is 0.445 e. The molecule has 0 spiro atoms. The topological polar surface area (TPSA) is 55.6 Å². The van der Waals surface area contributed by atoms with Crippen LogP contribution in [0.4, 0.5) is 9.18 Å². The summed E-state index contributed by atoms with van der Waals surface area (Å²) in [4.78, 5) is 14.2. The number of likely N-dealkylation sites (tertiary alicyclic amines) is 1. The van der Waals surface area contributed by atoms with Gasteiger partial charge in [-0.15, -0.1) is 0 Å². The number of hydrogen-bond acceptors (Lipinski definition) is 3. The van der Waals surface area contributed by atoms with Crippen LogP contribution in [0.1, 0.15) is 18.1 Å². The molecule has 0 radical (unpaired) electrons. The molecule has 0 bridgehead atoms. The van der Waals surface area contributed by atoms with Crippen molar-refractivity contribution in [2.45, 2.75) is 32.0 Å². The molecule has 138 valence electrons. The Hall–Kier alpha value is -1.92. The Bertz CT molecular complexity index is 772. The van der Waals surface area contributed by atoms with Gasteiger partial charge in [-0.05, 0) is 45.5 Å². The monoisotopic (exact) mass is 420 g/mol. The van der Waals surface area contributed by atoms with Crippen LogP contribution >= 0.6 is 15.9 Å². The van der Waals surface area contributed by atoms with E-state index in [-0.39, 0.29) is 30.4 Å². The SMILES string of the molecule is CC1CN(C(=O)OCc2ccccc2)C(Cc2cccc(Br)c2F)C1N. The zero-order chi connectivity index (χ0) is 18.7. The number of hydrogen-bond donors (Lipinski definition) is 1. The van der Waals surface area contributed by atoms with Gasteiger partial charge in [-0.25, -0.2) is 9.18 Å². The highest BCUT2D eigenvalue weighted by Gasteiger charge is 2.41. The van der Waals surface area contributed by atoms with E-state index in [0.717, 1.165) is 5.56 Å². The summed E-state index contributed by atoms with van der Waals surface area (Å²) in [5, 5.41) is 0. The number of amides is 1. The number of rotatable bonds is 4. The summed E-state index contributed by atoms with van der Waals surface area (Å²) < 4.78 is 20.2. The lowest BCUT2D eigenvalue weighted by atomic mass is 9.96. The van der Waals surface area contributed by atoms with Gasteiger partial charge in [0.15, 0.2) is 0 Å². The van der Waals surface area contributed by atoms with Gasteiger partial charge in [0.2, 0.25) is 0 Å². The van der Waals surface area contributed by atoms with Crippen molar-refractivity contribution in [3.63, 3.8) is 0 Å². The summed E-state index contributed by atoms with van der Waals surface area (Å²) in [6.45, 7) is 2.71. The van der Waals surface area contributed by atoms with Crippen molar-refractivity contribution in [1.82, 2.24) is 4.90 Å². The van der Waals surface area contributed by atoms with Gasteiger partial charge < -0.3 is 15.4 Å². The van der Waals surface area contributed by atoms with Crippen molar-refractivity contribution in [3.05, 3.63) is 69.9 Å². The van der Waals surface area contributed by atoms with Crippen LogP contribution in [0.25, 0.3) is 0 Å².